The highest BCUT2D eigenvalue weighted by atomic mass is 16.5. The summed E-state index contributed by atoms with van der Waals surface area (Å²) in [5.74, 6) is -0.909. The predicted molar refractivity (Wildman–Crippen MR) is 96.2 cm³/mol. The summed E-state index contributed by atoms with van der Waals surface area (Å²) in [7, 11) is 0. The second-order valence-electron chi connectivity index (χ2n) is 5.98. The van der Waals surface area contributed by atoms with Crippen molar-refractivity contribution in [1.82, 2.24) is 0 Å². The Hall–Kier alpha value is -2.70. The minimum absolute atomic E-state index is 0.0176. The summed E-state index contributed by atoms with van der Waals surface area (Å²) in [5, 5.41) is 19.3. The number of aliphatic carboxylic acids is 1. The average Bonchev–Trinajstić information content (AvgIpc) is 2.61. The molecule has 0 spiro atoms. The van der Waals surface area contributed by atoms with E-state index in [1.54, 1.807) is 6.07 Å². The van der Waals surface area contributed by atoms with E-state index in [1.165, 1.54) is 12.1 Å². The fraction of sp³-hybridized carbons (Fsp3) is 0.474. The van der Waals surface area contributed by atoms with Crippen molar-refractivity contribution in [2.75, 3.05) is 13.2 Å². The van der Waals surface area contributed by atoms with Gasteiger partial charge in [0.25, 0.3) is 0 Å². The highest BCUT2D eigenvalue weighted by Gasteiger charge is 2.16. The van der Waals surface area contributed by atoms with Gasteiger partial charge in [0, 0.05) is 6.42 Å². The van der Waals surface area contributed by atoms with Crippen molar-refractivity contribution >= 4 is 16.9 Å². The quantitative estimate of drug-likeness (QED) is 0.462. The maximum atomic E-state index is 12.0. The Bertz CT molecular complexity index is 794. The fourth-order valence-corrected chi connectivity index (χ4v) is 2.48. The number of fused-ring (bicyclic) bond motifs is 1. The van der Waals surface area contributed by atoms with Gasteiger partial charge in [0.05, 0.1) is 18.6 Å². The van der Waals surface area contributed by atoms with Crippen LogP contribution in [0.25, 0.3) is 11.0 Å². The first-order chi connectivity index (χ1) is 12.5. The third-order valence-corrected chi connectivity index (χ3v) is 3.86. The van der Waals surface area contributed by atoms with E-state index in [0.29, 0.717) is 24.2 Å². The molecule has 2 N–H and O–H groups in total. The van der Waals surface area contributed by atoms with E-state index in [0.717, 1.165) is 25.7 Å². The van der Waals surface area contributed by atoms with Crippen molar-refractivity contribution in [1.29, 1.82) is 0 Å². The van der Waals surface area contributed by atoms with Gasteiger partial charge < -0.3 is 24.1 Å². The number of ether oxygens (including phenoxy) is 2. The molecule has 0 aliphatic rings. The Morgan fingerprint density at radius 1 is 1.12 bits per heavy atom. The second kappa shape index (κ2) is 9.70. The number of rotatable bonds is 11. The van der Waals surface area contributed by atoms with E-state index in [4.69, 9.17) is 19.0 Å². The van der Waals surface area contributed by atoms with E-state index in [9.17, 15) is 14.7 Å². The van der Waals surface area contributed by atoms with Gasteiger partial charge in [0.2, 0.25) is 5.75 Å². The zero-order valence-corrected chi connectivity index (χ0v) is 14.8. The Balaban J connectivity index is 2.10. The number of unbranched alkanes of at least 4 members (excludes halogenated alkanes) is 3. The smallest absolute Gasteiger partial charge is 0.383 e. The molecule has 0 unspecified atom stereocenters. The summed E-state index contributed by atoms with van der Waals surface area (Å²) in [6.07, 6.45) is 4.35. The molecular formula is C19H24O7. The van der Waals surface area contributed by atoms with Crippen molar-refractivity contribution in [3.8, 4) is 17.2 Å². The molecule has 2 rings (SSSR count). The van der Waals surface area contributed by atoms with Crippen LogP contribution in [0, 0.1) is 0 Å². The molecule has 0 aliphatic carbocycles. The molecule has 142 valence electrons. The molecule has 0 aliphatic heterocycles. The maximum absolute atomic E-state index is 12.0. The second-order valence-corrected chi connectivity index (χ2v) is 5.98. The summed E-state index contributed by atoms with van der Waals surface area (Å²) < 4.78 is 16.1. The van der Waals surface area contributed by atoms with Crippen molar-refractivity contribution in [3.63, 3.8) is 0 Å². The molecule has 7 heteroatoms. The van der Waals surface area contributed by atoms with E-state index in [1.807, 2.05) is 0 Å². The summed E-state index contributed by atoms with van der Waals surface area (Å²) in [6, 6.07) is 4.66. The normalized spacial score (nSPS) is 10.8. The maximum Gasteiger partial charge on any atom is 0.383 e. The molecule has 0 saturated heterocycles. The number of carbonyl (C=O) groups is 1. The third-order valence-electron chi connectivity index (χ3n) is 3.86. The van der Waals surface area contributed by atoms with Gasteiger partial charge in [0.1, 0.15) is 11.3 Å². The van der Waals surface area contributed by atoms with Crippen LogP contribution in [-0.2, 0) is 4.79 Å². The van der Waals surface area contributed by atoms with Crippen molar-refractivity contribution in [3.05, 3.63) is 28.6 Å². The minimum Gasteiger partial charge on any atom is -0.504 e. The van der Waals surface area contributed by atoms with Gasteiger partial charge in [-0.3, -0.25) is 4.79 Å². The van der Waals surface area contributed by atoms with Gasteiger partial charge in [-0.1, -0.05) is 26.2 Å². The van der Waals surface area contributed by atoms with Gasteiger partial charge in [-0.25, -0.2) is 4.79 Å². The third kappa shape index (κ3) is 5.40. The van der Waals surface area contributed by atoms with Crippen LogP contribution in [0.15, 0.2) is 27.4 Å². The molecule has 0 amide bonds. The molecule has 0 saturated carbocycles. The van der Waals surface area contributed by atoms with E-state index in [2.05, 4.69) is 6.92 Å². The molecule has 7 nitrogen and oxygen atoms in total. The summed E-state index contributed by atoms with van der Waals surface area (Å²) in [5.41, 5.74) is -0.496. The van der Waals surface area contributed by atoms with Crippen LogP contribution in [0.5, 0.6) is 17.2 Å². The molecular weight excluding hydrogens is 340 g/mol. The van der Waals surface area contributed by atoms with E-state index in [-0.39, 0.29) is 30.1 Å². The van der Waals surface area contributed by atoms with Crippen LogP contribution in [0.2, 0.25) is 0 Å². The van der Waals surface area contributed by atoms with Crippen LogP contribution in [-0.4, -0.2) is 29.4 Å². The Kier molecular flexibility index (Phi) is 7.32. The highest BCUT2D eigenvalue weighted by molar-refractivity contribution is 5.86. The van der Waals surface area contributed by atoms with Gasteiger partial charge in [-0.05, 0) is 31.0 Å². The first kappa shape index (κ1) is 19.6. The lowest BCUT2D eigenvalue weighted by Crippen LogP contribution is -2.08. The lowest BCUT2D eigenvalue weighted by molar-refractivity contribution is -0.137. The van der Waals surface area contributed by atoms with Gasteiger partial charge in [0.15, 0.2) is 5.75 Å². The van der Waals surface area contributed by atoms with Crippen LogP contribution in [0.4, 0.5) is 0 Å². The summed E-state index contributed by atoms with van der Waals surface area (Å²) in [6.45, 7) is 2.66. The topological polar surface area (TPSA) is 106 Å². The SMILES string of the molecule is CCCCCCOc1c(O)c2cc(OCCCC(=O)O)ccc2oc1=O. The monoisotopic (exact) mass is 364 g/mol. The lowest BCUT2D eigenvalue weighted by Gasteiger charge is -2.10. The van der Waals surface area contributed by atoms with Crippen molar-refractivity contribution in [2.45, 2.75) is 45.4 Å². The van der Waals surface area contributed by atoms with Gasteiger partial charge in [-0.15, -0.1) is 0 Å². The number of hydrogen-bond donors (Lipinski definition) is 2. The molecule has 0 fully saturated rings. The van der Waals surface area contributed by atoms with Gasteiger partial charge in [-0.2, -0.15) is 0 Å². The molecule has 0 radical (unpaired) electrons. The molecule has 1 heterocycles. The molecule has 0 atom stereocenters. The lowest BCUT2D eigenvalue weighted by atomic mass is 10.2. The van der Waals surface area contributed by atoms with Crippen LogP contribution in [0.3, 0.4) is 0 Å². The van der Waals surface area contributed by atoms with Crippen LogP contribution < -0.4 is 15.1 Å². The fourth-order valence-electron chi connectivity index (χ4n) is 2.48. The number of carboxylic acid groups (broad SMARTS) is 1. The first-order valence-electron chi connectivity index (χ1n) is 8.80. The zero-order valence-electron chi connectivity index (χ0n) is 14.8. The summed E-state index contributed by atoms with van der Waals surface area (Å²) in [4.78, 5) is 22.5. The van der Waals surface area contributed by atoms with Crippen molar-refractivity contribution in [2.24, 2.45) is 0 Å². The first-order valence-corrected chi connectivity index (χ1v) is 8.80. The van der Waals surface area contributed by atoms with E-state index >= 15 is 0 Å². The van der Waals surface area contributed by atoms with E-state index < -0.39 is 11.6 Å². The zero-order chi connectivity index (χ0) is 18.9. The molecule has 1 aromatic carbocycles. The van der Waals surface area contributed by atoms with Gasteiger partial charge >= 0.3 is 11.6 Å². The Morgan fingerprint density at radius 3 is 2.62 bits per heavy atom. The summed E-state index contributed by atoms with van der Waals surface area (Å²) >= 11 is 0. The standard InChI is InChI=1S/C19H24O7/c1-2-3-4-5-10-25-18-17(22)14-12-13(24-11-6-7-16(20)21)8-9-15(14)26-19(18)23/h8-9,12,22H,2-7,10-11H2,1H3,(H,20,21). The number of carboxylic acids is 1. The molecule has 2 aromatic rings. The molecule has 26 heavy (non-hydrogen) atoms. The highest BCUT2D eigenvalue weighted by Crippen LogP contribution is 2.33. The van der Waals surface area contributed by atoms with Crippen molar-refractivity contribution < 1.29 is 28.9 Å². The largest absolute Gasteiger partial charge is 0.504 e. The minimum atomic E-state index is -0.882. The number of hydrogen-bond acceptors (Lipinski definition) is 6. The Labute approximate surface area is 151 Å². The van der Waals surface area contributed by atoms with Crippen LogP contribution in [0.1, 0.15) is 45.4 Å². The number of benzene rings is 1. The average molecular weight is 364 g/mol. The molecule has 0 bridgehead atoms. The van der Waals surface area contributed by atoms with Crippen LogP contribution >= 0.6 is 0 Å². The number of aromatic hydroxyl groups is 1. The Morgan fingerprint density at radius 2 is 1.88 bits per heavy atom. The predicted octanol–water partition coefficient (Wildman–Crippen LogP) is 3.70. The molecule has 1 aromatic heterocycles.